The van der Waals surface area contributed by atoms with Crippen molar-refractivity contribution in [2.45, 2.75) is 25.2 Å². The smallest absolute Gasteiger partial charge is 0.162 e. The molecule has 0 spiro atoms. The normalized spacial score (nSPS) is 15.2. The van der Waals surface area contributed by atoms with Gasteiger partial charge >= 0.3 is 0 Å². The zero-order chi connectivity index (χ0) is 13.0. The summed E-state index contributed by atoms with van der Waals surface area (Å²) in [7, 11) is 0. The quantitative estimate of drug-likeness (QED) is 0.767. The van der Waals surface area contributed by atoms with E-state index in [9.17, 15) is 4.79 Å². The van der Waals surface area contributed by atoms with Crippen LogP contribution in [0.1, 0.15) is 20.3 Å². The highest BCUT2D eigenvalue weighted by atomic mass is 32.2. The summed E-state index contributed by atoms with van der Waals surface area (Å²) in [6, 6.07) is 5.83. The molecule has 1 aliphatic rings. The molecule has 1 aromatic rings. The Balaban J connectivity index is 1.96. The maximum Gasteiger partial charge on any atom is 0.162 e. The van der Waals surface area contributed by atoms with Crippen LogP contribution in [0, 0.1) is 5.92 Å². The van der Waals surface area contributed by atoms with Crippen LogP contribution in [0.4, 0.5) is 0 Å². The minimum absolute atomic E-state index is 0.148. The van der Waals surface area contributed by atoms with Crippen molar-refractivity contribution in [2.24, 2.45) is 5.92 Å². The first-order valence-electron chi connectivity index (χ1n) is 6.26. The molecule has 0 N–H and O–H groups in total. The molecule has 0 saturated carbocycles. The SMILES string of the molecule is CCC(C)C(=O)CSc1ccc2c(c1)OCCO2. The van der Waals surface area contributed by atoms with E-state index in [-0.39, 0.29) is 5.92 Å². The standard InChI is InChI=1S/C14H18O3S/c1-3-10(2)12(15)9-18-11-4-5-13-14(8-11)17-7-6-16-13/h4-5,8,10H,3,6-7,9H2,1-2H3. The molecule has 1 unspecified atom stereocenters. The van der Waals surface area contributed by atoms with E-state index in [2.05, 4.69) is 0 Å². The Morgan fingerprint density at radius 1 is 1.33 bits per heavy atom. The third-order valence-electron chi connectivity index (χ3n) is 3.06. The van der Waals surface area contributed by atoms with Crippen LogP contribution in [0.15, 0.2) is 23.1 Å². The van der Waals surface area contributed by atoms with Gasteiger partial charge in [-0.15, -0.1) is 11.8 Å². The van der Waals surface area contributed by atoms with Crippen molar-refractivity contribution in [2.75, 3.05) is 19.0 Å². The van der Waals surface area contributed by atoms with Gasteiger partial charge in [-0.25, -0.2) is 0 Å². The van der Waals surface area contributed by atoms with Gasteiger partial charge in [0, 0.05) is 10.8 Å². The second-order valence-corrected chi connectivity index (χ2v) is 5.42. The molecule has 3 nitrogen and oxygen atoms in total. The van der Waals surface area contributed by atoms with Crippen molar-refractivity contribution in [1.29, 1.82) is 0 Å². The number of benzene rings is 1. The van der Waals surface area contributed by atoms with Crippen molar-refractivity contribution in [3.63, 3.8) is 0 Å². The van der Waals surface area contributed by atoms with E-state index in [1.807, 2.05) is 32.0 Å². The maximum absolute atomic E-state index is 11.8. The molecule has 0 aromatic heterocycles. The predicted molar refractivity (Wildman–Crippen MR) is 72.6 cm³/mol. The van der Waals surface area contributed by atoms with E-state index in [1.165, 1.54) is 0 Å². The van der Waals surface area contributed by atoms with E-state index < -0.39 is 0 Å². The van der Waals surface area contributed by atoms with Crippen molar-refractivity contribution in [3.8, 4) is 11.5 Å². The molecule has 18 heavy (non-hydrogen) atoms. The minimum Gasteiger partial charge on any atom is -0.486 e. The van der Waals surface area contributed by atoms with Gasteiger partial charge in [0.05, 0.1) is 5.75 Å². The molecule has 0 saturated heterocycles. The van der Waals surface area contributed by atoms with Crippen LogP contribution >= 0.6 is 11.8 Å². The maximum atomic E-state index is 11.8. The summed E-state index contributed by atoms with van der Waals surface area (Å²) >= 11 is 1.56. The van der Waals surface area contributed by atoms with Gasteiger partial charge in [0.1, 0.15) is 19.0 Å². The summed E-state index contributed by atoms with van der Waals surface area (Å²) < 4.78 is 11.0. The van der Waals surface area contributed by atoms with E-state index >= 15 is 0 Å². The van der Waals surface area contributed by atoms with Crippen molar-refractivity contribution in [1.82, 2.24) is 0 Å². The molecule has 1 atom stereocenters. The molecular weight excluding hydrogens is 248 g/mol. The lowest BCUT2D eigenvalue weighted by Gasteiger charge is -2.18. The lowest BCUT2D eigenvalue weighted by Crippen LogP contribution is -2.15. The summed E-state index contributed by atoms with van der Waals surface area (Å²) in [4.78, 5) is 12.8. The summed E-state index contributed by atoms with van der Waals surface area (Å²) in [6.45, 7) is 5.21. The Morgan fingerprint density at radius 3 is 2.78 bits per heavy atom. The minimum atomic E-state index is 0.148. The molecule has 1 aliphatic heterocycles. The first-order chi connectivity index (χ1) is 8.70. The van der Waals surface area contributed by atoms with Gasteiger partial charge in [-0.2, -0.15) is 0 Å². The molecule has 0 radical (unpaired) electrons. The average Bonchev–Trinajstić information content (AvgIpc) is 2.43. The number of fused-ring (bicyclic) bond motifs is 1. The molecule has 2 rings (SSSR count). The third-order valence-corrected chi connectivity index (χ3v) is 4.07. The number of carbonyl (C=O) groups excluding carboxylic acids is 1. The molecule has 0 aliphatic carbocycles. The van der Waals surface area contributed by atoms with Crippen molar-refractivity contribution >= 4 is 17.5 Å². The van der Waals surface area contributed by atoms with Crippen molar-refractivity contribution < 1.29 is 14.3 Å². The van der Waals surface area contributed by atoms with E-state index in [0.717, 1.165) is 22.8 Å². The van der Waals surface area contributed by atoms with Crippen LogP contribution in [-0.2, 0) is 4.79 Å². The number of hydrogen-bond acceptors (Lipinski definition) is 4. The van der Waals surface area contributed by atoms with Gasteiger partial charge in [-0.3, -0.25) is 4.79 Å². The summed E-state index contributed by atoms with van der Waals surface area (Å²) in [5.41, 5.74) is 0. The monoisotopic (exact) mass is 266 g/mol. The summed E-state index contributed by atoms with van der Waals surface area (Å²) in [5.74, 6) is 2.54. The molecule has 1 heterocycles. The zero-order valence-electron chi connectivity index (χ0n) is 10.8. The Kier molecular flexibility index (Phi) is 4.53. The fourth-order valence-corrected chi connectivity index (χ4v) is 2.59. The third kappa shape index (κ3) is 3.19. The lowest BCUT2D eigenvalue weighted by atomic mass is 10.1. The first kappa shape index (κ1) is 13.3. The number of rotatable bonds is 5. The molecule has 0 bridgehead atoms. The Morgan fingerprint density at radius 2 is 2.06 bits per heavy atom. The van der Waals surface area contributed by atoms with Crippen LogP contribution < -0.4 is 9.47 Å². The number of ether oxygens (including phenoxy) is 2. The van der Waals surface area contributed by atoms with E-state index in [4.69, 9.17) is 9.47 Å². The highest BCUT2D eigenvalue weighted by molar-refractivity contribution is 8.00. The Labute approximate surface area is 112 Å². The van der Waals surface area contributed by atoms with Gasteiger partial charge in [-0.1, -0.05) is 13.8 Å². The second kappa shape index (κ2) is 6.14. The molecule has 1 aromatic carbocycles. The highest BCUT2D eigenvalue weighted by Gasteiger charge is 2.14. The van der Waals surface area contributed by atoms with Gasteiger partial charge in [-0.05, 0) is 24.6 Å². The first-order valence-corrected chi connectivity index (χ1v) is 7.24. The number of hydrogen-bond donors (Lipinski definition) is 0. The largest absolute Gasteiger partial charge is 0.486 e. The number of thioether (sulfide) groups is 1. The van der Waals surface area contributed by atoms with Crippen LogP contribution in [-0.4, -0.2) is 24.7 Å². The summed E-state index contributed by atoms with van der Waals surface area (Å²) in [6.07, 6.45) is 0.903. The Hall–Kier alpha value is -1.16. The van der Waals surface area contributed by atoms with Crippen LogP contribution in [0.5, 0.6) is 11.5 Å². The highest BCUT2D eigenvalue weighted by Crippen LogP contribution is 2.34. The molecular formula is C14H18O3S. The Bertz CT molecular complexity index is 431. The number of carbonyl (C=O) groups is 1. The number of Topliss-reactive ketones (excluding diaryl/α,β-unsaturated/α-hetero) is 1. The van der Waals surface area contributed by atoms with Gasteiger partial charge < -0.3 is 9.47 Å². The van der Waals surface area contributed by atoms with Gasteiger partial charge in [0.25, 0.3) is 0 Å². The molecule has 98 valence electrons. The topological polar surface area (TPSA) is 35.5 Å². The number of ketones is 1. The fourth-order valence-electron chi connectivity index (χ4n) is 1.64. The van der Waals surface area contributed by atoms with Crippen molar-refractivity contribution in [3.05, 3.63) is 18.2 Å². The summed E-state index contributed by atoms with van der Waals surface area (Å²) in [5, 5.41) is 0. The molecule has 0 amide bonds. The zero-order valence-corrected chi connectivity index (χ0v) is 11.6. The fraction of sp³-hybridized carbons (Fsp3) is 0.500. The molecule has 4 heteroatoms. The predicted octanol–water partition coefficient (Wildman–Crippen LogP) is 3.17. The van der Waals surface area contributed by atoms with Gasteiger partial charge in [0.2, 0.25) is 0 Å². The lowest BCUT2D eigenvalue weighted by molar-refractivity contribution is -0.119. The second-order valence-electron chi connectivity index (χ2n) is 4.37. The van der Waals surface area contributed by atoms with E-state index in [1.54, 1.807) is 11.8 Å². The van der Waals surface area contributed by atoms with E-state index in [0.29, 0.717) is 24.7 Å². The van der Waals surface area contributed by atoms with Crippen LogP contribution in [0.25, 0.3) is 0 Å². The molecule has 0 fully saturated rings. The average molecular weight is 266 g/mol. The van der Waals surface area contributed by atoms with Crippen LogP contribution in [0.2, 0.25) is 0 Å². The van der Waals surface area contributed by atoms with Gasteiger partial charge in [0.15, 0.2) is 11.5 Å². The van der Waals surface area contributed by atoms with Crippen LogP contribution in [0.3, 0.4) is 0 Å².